The lowest BCUT2D eigenvalue weighted by molar-refractivity contribution is -0.119. The molecule has 2 heterocycles. The van der Waals surface area contributed by atoms with Gasteiger partial charge in [-0.25, -0.2) is 12.7 Å². The monoisotopic (exact) mass is 418 g/mol. The van der Waals surface area contributed by atoms with Gasteiger partial charge in [-0.15, -0.1) is 0 Å². The molecule has 0 radical (unpaired) electrons. The summed E-state index contributed by atoms with van der Waals surface area (Å²) in [5.41, 5.74) is 1.45. The van der Waals surface area contributed by atoms with Crippen molar-refractivity contribution in [2.24, 2.45) is 5.92 Å². The summed E-state index contributed by atoms with van der Waals surface area (Å²) >= 11 is 6.13. The van der Waals surface area contributed by atoms with Gasteiger partial charge >= 0.3 is 0 Å². The minimum Gasteiger partial charge on any atom is -0.322 e. The first kappa shape index (κ1) is 18.5. The molecule has 1 saturated heterocycles. The Morgan fingerprint density at radius 1 is 1.29 bits per heavy atom. The highest BCUT2D eigenvalue weighted by molar-refractivity contribution is 7.94. The van der Waals surface area contributed by atoms with Gasteiger partial charge in [-0.05, 0) is 36.4 Å². The van der Waals surface area contributed by atoms with Crippen LogP contribution < -0.4 is 9.62 Å². The number of amides is 2. The molecule has 0 bridgehead atoms. The van der Waals surface area contributed by atoms with Crippen molar-refractivity contribution in [3.63, 3.8) is 0 Å². The first-order valence-corrected chi connectivity index (χ1v) is 10.4. The number of sulfonamides is 1. The Morgan fingerprint density at radius 3 is 2.79 bits per heavy atom. The topological polar surface area (TPSA) is 112 Å². The highest BCUT2D eigenvalue weighted by atomic mass is 35.5. The second-order valence-corrected chi connectivity index (χ2v) is 8.84. The number of carbonyl (C=O) groups is 2. The third-order valence-electron chi connectivity index (χ3n) is 4.49. The van der Waals surface area contributed by atoms with E-state index in [1.54, 1.807) is 24.4 Å². The fourth-order valence-electron chi connectivity index (χ4n) is 3.10. The normalized spacial score (nSPS) is 18.6. The Labute approximate surface area is 165 Å². The van der Waals surface area contributed by atoms with E-state index in [9.17, 15) is 18.0 Å². The molecule has 1 aliphatic heterocycles. The molecule has 2 aromatic carbocycles. The Kier molecular flexibility index (Phi) is 4.35. The molecule has 0 aliphatic carbocycles. The van der Waals surface area contributed by atoms with Crippen LogP contribution in [0.2, 0.25) is 5.02 Å². The second-order valence-electron chi connectivity index (χ2n) is 6.57. The predicted octanol–water partition coefficient (Wildman–Crippen LogP) is 2.78. The smallest absolute Gasteiger partial charge is 0.255 e. The summed E-state index contributed by atoms with van der Waals surface area (Å²) in [6.07, 6.45) is 1.67. The lowest BCUT2D eigenvalue weighted by atomic mass is 10.1. The molecular formula is C18H15ClN4O4S. The number of anilines is 2. The van der Waals surface area contributed by atoms with Crippen LogP contribution in [0.15, 0.2) is 42.6 Å². The van der Waals surface area contributed by atoms with E-state index >= 15 is 0 Å². The number of fused-ring (bicyclic) bond motifs is 1. The maximum atomic E-state index is 12.6. The zero-order valence-corrected chi connectivity index (χ0v) is 16.2. The molecule has 2 N–H and O–H groups in total. The molecular weight excluding hydrogens is 404 g/mol. The zero-order valence-electron chi connectivity index (χ0n) is 14.6. The summed E-state index contributed by atoms with van der Waals surface area (Å²) in [5, 5.41) is 10.4. The summed E-state index contributed by atoms with van der Waals surface area (Å²) in [5.74, 6) is -1.99. The van der Waals surface area contributed by atoms with Crippen molar-refractivity contribution < 1.29 is 18.0 Å². The highest BCUT2D eigenvalue weighted by Gasteiger charge is 2.43. The van der Waals surface area contributed by atoms with Gasteiger partial charge in [0.25, 0.3) is 5.91 Å². The van der Waals surface area contributed by atoms with Gasteiger partial charge < -0.3 is 5.32 Å². The predicted molar refractivity (Wildman–Crippen MR) is 106 cm³/mol. The minimum absolute atomic E-state index is 0.0207. The van der Waals surface area contributed by atoms with E-state index in [0.29, 0.717) is 9.99 Å². The van der Waals surface area contributed by atoms with E-state index in [0.717, 1.165) is 10.9 Å². The maximum Gasteiger partial charge on any atom is 0.255 e. The van der Waals surface area contributed by atoms with Crippen LogP contribution in [0.3, 0.4) is 0 Å². The number of nitrogens with zero attached hydrogens (tertiary/aromatic N) is 2. The van der Waals surface area contributed by atoms with Crippen LogP contribution in [-0.4, -0.2) is 36.2 Å². The standard InChI is InChI=1S/C18H15ClN4O4S/c1-10-9-28(26,27)23(18(10)25)16-6-11(3-5-14(16)19)17(24)21-13-4-2-12-8-20-22-15(12)7-13/h2-8,10H,9H2,1H3,(H,20,22)(H,21,24). The number of aromatic nitrogens is 2. The summed E-state index contributed by atoms with van der Waals surface area (Å²) in [6, 6.07) is 9.43. The van der Waals surface area contributed by atoms with Crippen molar-refractivity contribution in [2.75, 3.05) is 15.4 Å². The van der Waals surface area contributed by atoms with E-state index in [2.05, 4.69) is 15.5 Å². The number of benzene rings is 2. The molecule has 0 spiro atoms. The van der Waals surface area contributed by atoms with Crippen LogP contribution in [0, 0.1) is 5.92 Å². The van der Waals surface area contributed by atoms with Gasteiger partial charge in [0, 0.05) is 16.6 Å². The molecule has 8 nitrogen and oxygen atoms in total. The molecule has 28 heavy (non-hydrogen) atoms. The summed E-state index contributed by atoms with van der Waals surface area (Å²) < 4.78 is 25.4. The molecule has 3 aromatic rings. The number of hydrogen-bond donors (Lipinski definition) is 2. The van der Waals surface area contributed by atoms with Crippen LogP contribution in [0.1, 0.15) is 17.3 Å². The third-order valence-corrected chi connectivity index (χ3v) is 6.66. The molecule has 1 aliphatic rings. The van der Waals surface area contributed by atoms with Gasteiger partial charge in [-0.1, -0.05) is 18.5 Å². The first-order chi connectivity index (χ1) is 13.3. The SMILES string of the molecule is CC1CS(=O)(=O)N(c2cc(C(=O)Nc3ccc4cn[nH]c4c3)ccc2Cl)C1=O. The molecule has 0 saturated carbocycles. The van der Waals surface area contributed by atoms with Crippen molar-refractivity contribution in [2.45, 2.75) is 6.92 Å². The van der Waals surface area contributed by atoms with E-state index in [1.807, 2.05) is 0 Å². The van der Waals surface area contributed by atoms with Crippen molar-refractivity contribution >= 4 is 55.7 Å². The lowest BCUT2D eigenvalue weighted by Gasteiger charge is -2.17. The van der Waals surface area contributed by atoms with Crippen molar-refractivity contribution in [1.29, 1.82) is 0 Å². The summed E-state index contributed by atoms with van der Waals surface area (Å²) in [7, 11) is -3.82. The molecule has 144 valence electrons. The summed E-state index contributed by atoms with van der Waals surface area (Å²) in [4.78, 5) is 25.0. The van der Waals surface area contributed by atoms with E-state index in [1.165, 1.54) is 25.1 Å². The maximum absolute atomic E-state index is 12.6. The highest BCUT2D eigenvalue weighted by Crippen LogP contribution is 2.34. The minimum atomic E-state index is -3.82. The number of H-pyrrole nitrogens is 1. The largest absolute Gasteiger partial charge is 0.322 e. The average Bonchev–Trinajstić information content (AvgIpc) is 3.17. The molecule has 1 unspecified atom stereocenters. The number of aromatic amines is 1. The van der Waals surface area contributed by atoms with Crippen LogP contribution in [0.25, 0.3) is 10.9 Å². The zero-order chi connectivity index (χ0) is 20.1. The molecule has 1 aromatic heterocycles. The first-order valence-electron chi connectivity index (χ1n) is 8.37. The fourth-order valence-corrected chi connectivity index (χ4v) is 5.18. The number of hydrogen-bond acceptors (Lipinski definition) is 5. The van der Waals surface area contributed by atoms with Gasteiger partial charge in [0.2, 0.25) is 15.9 Å². The Bertz CT molecular complexity index is 1220. The van der Waals surface area contributed by atoms with Crippen LogP contribution in [-0.2, 0) is 14.8 Å². The van der Waals surface area contributed by atoms with Crippen LogP contribution in [0.5, 0.6) is 0 Å². The van der Waals surface area contributed by atoms with E-state index in [-0.39, 0.29) is 22.0 Å². The number of rotatable bonds is 3. The Balaban J connectivity index is 1.66. The van der Waals surface area contributed by atoms with Crippen molar-refractivity contribution in [3.8, 4) is 0 Å². The van der Waals surface area contributed by atoms with Crippen molar-refractivity contribution in [1.82, 2.24) is 10.2 Å². The third kappa shape index (κ3) is 3.12. The van der Waals surface area contributed by atoms with Crippen LogP contribution >= 0.6 is 11.6 Å². The molecule has 4 rings (SSSR count). The Hall–Kier alpha value is -2.91. The summed E-state index contributed by atoms with van der Waals surface area (Å²) in [6.45, 7) is 1.54. The molecule has 10 heteroatoms. The van der Waals surface area contributed by atoms with Gasteiger partial charge in [0.05, 0.1) is 34.1 Å². The number of nitrogens with one attached hydrogen (secondary N) is 2. The molecule has 1 atom stereocenters. The van der Waals surface area contributed by atoms with Gasteiger partial charge in [0.15, 0.2) is 0 Å². The Morgan fingerprint density at radius 2 is 2.07 bits per heavy atom. The van der Waals surface area contributed by atoms with E-state index < -0.39 is 27.8 Å². The van der Waals surface area contributed by atoms with Gasteiger partial charge in [-0.2, -0.15) is 5.10 Å². The average molecular weight is 419 g/mol. The molecule has 2 amide bonds. The van der Waals surface area contributed by atoms with Crippen LogP contribution in [0.4, 0.5) is 11.4 Å². The quantitative estimate of drug-likeness (QED) is 0.679. The van der Waals surface area contributed by atoms with Crippen molar-refractivity contribution in [3.05, 3.63) is 53.2 Å². The van der Waals surface area contributed by atoms with E-state index in [4.69, 9.17) is 11.6 Å². The lowest BCUT2D eigenvalue weighted by Crippen LogP contribution is -2.30. The van der Waals surface area contributed by atoms with Gasteiger partial charge in [0.1, 0.15) is 0 Å². The number of halogens is 1. The second kappa shape index (κ2) is 6.61. The number of carbonyl (C=O) groups excluding carboxylic acids is 2. The van der Waals surface area contributed by atoms with Gasteiger partial charge in [-0.3, -0.25) is 14.7 Å². The fraction of sp³-hybridized carbons (Fsp3) is 0.167. The molecule has 1 fully saturated rings.